The lowest BCUT2D eigenvalue weighted by molar-refractivity contribution is -0.137. The first kappa shape index (κ1) is 23.1. The summed E-state index contributed by atoms with van der Waals surface area (Å²) in [5.74, 6) is -2.28. The number of aromatic carboxylic acids is 1. The number of rotatable bonds is 3. The van der Waals surface area contributed by atoms with Crippen molar-refractivity contribution in [3.8, 4) is 0 Å². The Labute approximate surface area is 173 Å². The van der Waals surface area contributed by atoms with E-state index in [0.717, 1.165) is 24.3 Å². The van der Waals surface area contributed by atoms with Crippen molar-refractivity contribution in [2.24, 2.45) is 14.1 Å². The van der Waals surface area contributed by atoms with Gasteiger partial charge in [0.15, 0.2) is 0 Å². The molecule has 0 radical (unpaired) electrons. The summed E-state index contributed by atoms with van der Waals surface area (Å²) in [6, 6.07) is 6.51. The molecule has 0 spiro atoms. The largest absolute Gasteiger partial charge is 0.477 e. The van der Waals surface area contributed by atoms with E-state index in [9.17, 15) is 27.6 Å². The highest BCUT2D eigenvalue weighted by atomic mass is 19.4. The molecule has 3 N–H and O–H groups in total. The van der Waals surface area contributed by atoms with Crippen LogP contribution in [0.1, 0.15) is 36.9 Å². The van der Waals surface area contributed by atoms with E-state index in [4.69, 9.17) is 5.11 Å². The second-order valence-corrected chi connectivity index (χ2v) is 5.97. The fraction of sp³-hybridized carbons (Fsp3) is 0.167. The highest BCUT2D eigenvalue weighted by Gasteiger charge is 2.30. The average molecular weight is 438 g/mol. The summed E-state index contributed by atoms with van der Waals surface area (Å²) in [6.07, 6.45) is -1.61. The Morgan fingerprint density at radius 2 is 1.32 bits per heavy atom. The molecule has 10 nitrogen and oxygen atoms in total. The Morgan fingerprint density at radius 1 is 0.839 bits per heavy atom. The smallest absolute Gasteiger partial charge is 0.416 e. The zero-order valence-electron chi connectivity index (χ0n) is 16.2. The highest BCUT2D eigenvalue weighted by molar-refractivity contribution is 5.98. The fourth-order valence-corrected chi connectivity index (χ4v) is 2.24. The van der Waals surface area contributed by atoms with E-state index in [0.29, 0.717) is 0 Å². The lowest BCUT2D eigenvalue weighted by atomic mass is 10.1. The molecule has 0 aliphatic rings. The summed E-state index contributed by atoms with van der Waals surface area (Å²) in [5, 5.41) is 15.9. The SMILES string of the molecule is Cn1nccc1C(=O)NNC(=O)c1ccc(C(F)(F)F)cc1.Cn1nccc1C(=O)O. The van der Waals surface area contributed by atoms with Crippen LogP contribution in [0, 0.1) is 0 Å². The van der Waals surface area contributed by atoms with Crippen LogP contribution in [0.3, 0.4) is 0 Å². The number of aryl methyl sites for hydroxylation is 2. The molecule has 0 aliphatic carbocycles. The van der Waals surface area contributed by atoms with Crippen molar-refractivity contribution in [3.63, 3.8) is 0 Å². The number of aromatic nitrogens is 4. The van der Waals surface area contributed by atoms with Crippen molar-refractivity contribution < 1.29 is 32.7 Å². The normalized spacial score (nSPS) is 10.6. The Morgan fingerprint density at radius 3 is 1.71 bits per heavy atom. The van der Waals surface area contributed by atoms with E-state index in [1.165, 1.54) is 33.9 Å². The first-order valence-electron chi connectivity index (χ1n) is 8.48. The van der Waals surface area contributed by atoms with Crippen LogP contribution in [-0.4, -0.2) is 42.5 Å². The summed E-state index contributed by atoms with van der Waals surface area (Å²) >= 11 is 0. The summed E-state index contributed by atoms with van der Waals surface area (Å²) in [5.41, 5.74) is 3.80. The van der Waals surface area contributed by atoms with E-state index >= 15 is 0 Å². The van der Waals surface area contributed by atoms with Gasteiger partial charge >= 0.3 is 12.1 Å². The average Bonchev–Trinajstić information content (AvgIpc) is 3.34. The topological polar surface area (TPSA) is 131 Å². The van der Waals surface area contributed by atoms with E-state index in [1.807, 2.05) is 0 Å². The number of nitrogens with zero attached hydrogens (tertiary/aromatic N) is 4. The number of halogens is 3. The maximum Gasteiger partial charge on any atom is 0.416 e. The third kappa shape index (κ3) is 6.16. The fourth-order valence-electron chi connectivity index (χ4n) is 2.24. The summed E-state index contributed by atoms with van der Waals surface area (Å²) in [4.78, 5) is 33.7. The number of carbonyl (C=O) groups excluding carboxylic acids is 2. The van der Waals surface area contributed by atoms with Crippen LogP contribution in [0.5, 0.6) is 0 Å². The number of hydrogen-bond acceptors (Lipinski definition) is 5. The number of carboxylic acid groups (broad SMARTS) is 1. The molecule has 0 saturated heterocycles. The number of benzene rings is 1. The Balaban J connectivity index is 0.000000316. The van der Waals surface area contributed by atoms with Crippen LogP contribution in [-0.2, 0) is 20.3 Å². The number of nitrogens with one attached hydrogen (secondary N) is 2. The van der Waals surface area contributed by atoms with Gasteiger partial charge in [-0.1, -0.05) is 0 Å². The van der Waals surface area contributed by atoms with Gasteiger partial charge in [0, 0.05) is 32.1 Å². The number of carboxylic acids is 1. The first-order valence-corrected chi connectivity index (χ1v) is 8.48. The molecule has 1 aromatic carbocycles. The molecule has 31 heavy (non-hydrogen) atoms. The van der Waals surface area contributed by atoms with Crippen molar-refractivity contribution in [2.45, 2.75) is 6.18 Å². The molecule has 2 amide bonds. The van der Waals surface area contributed by atoms with Gasteiger partial charge in [0.25, 0.3) is 11.8 Å². The number of carbonyl (C=O) groups is 3. The van der Waals surface area contributed by atoms with Crippen LogP contribution >= 0.6 is 0 Å². The van der Waals surface area contributed by atoms with Crippen LogP contribution in [0.15, 0.2) is 48.8 Å². The Hall–Kier alpha value is -4.16. The van der Waals surface area contributed by atoms with Crippen LogP contribution in [0.4, 0.5) is 13.2 Å². The number of alkyl halides is 3. The number of amides is 2. The van der Waals surface area contributed by atoms with Gasteiger partial charge in [-0.15, -0.1) is 0 Å². The minimum Gasteiger partial charge on any atom is -0.477 e. The molecule has 164 valence electrons. The number of hydrogen-bond donors (Lipinski definition) is 3. The Bertz CT molecular complexity index is 1070. The predicted molar refractivity (Wildman–Crippen MR) is 99.8 cm³/mol. The maximum atomic E-state index is 12.4. The third-order valence-electron chi connectivity index (χ3n) is 3.86. The molecule has 0 unspecified atom stereocenters. The molecule has 13 heteroatoms. The first-order chi connectivity index (χ1) is 14.5. The predicted octanol–water partition coefficient (Wildman–Crippen LogP) is 1.63. The molecule has 3 aromatic rings. The van der Waals surface area contributed by atoms with Gasteiger partial charge in [-0.25, -0.2) is 4.79 Å². The molecular formula is C18H17F3N6O4. The third-order valence-corrected chi connectivity index (χ3v) is 3.86. The van der Waals surface area contributed by atoms with Crippen molar-refractivity contribution >= 4 is 17.8 Å². The van der Waals surface area contributed by atoms with Gasteiger partial charge in [0.1, 0.15) is 11.4 Å². The van der Waals surface area contributed by atoms with E-state index in [-0.39, 0.29) is 17.0 Å². The summed E-state index contributed by atoms with van der Waals surface area (Å²) in [6.45, 7) is 0. The van der Waals surface area contributed by atoms with Gasteiger partial charge in [-0.2, -0.15) is 23.4 Å². The van der Waals surface area contributed by atoms with Gasteiger partial charge in [0.05, 0.1) is 5.56 Å². The minimum atomic E-state index is -4.47. The quantitative estimate of drug-likeness (QED) is 0.533. The van der Waals surface area contributed by atoms with Crippen molar-refractivity contribution in [1.82, 2.24) is 30.4 Å². The lowest BCUT2D eigenvalue weighted by Crippen LogP contribution is -2.42. The molecule has 2 aromatic heterocycles. The van der Waals surface area contributed by atoms with Gasteiger partial charge in [-0.05, 0) is 36.4 Å². The molecule has 0 aliphatic heterocycles. The molecule has 0 saturated carbocycles. The van der Waals surface area contributed by atoms with Crippen molar-refractivity contribution in [2.75, 3.05) is 0 Å². The molecule has 0 atom stereocenters. The molecule has 3 rings (SSSR count). The van der Waals surface area contributed by atoms with E-state index < -0.39 is 29.5 Å². The second kappa shape index (κ2) is 9.56. The van der Waals surface area contributed by atoms with Gasteiger partial charge < -0.3 is 5.11 Å². The summed E-state index contributed by atoms with van der Waals surface area (Å²) in [7, 11) is 3.13. The summed E-state index contributed by atoms with van der Waals surface area (Å²) < 4.78 is 39.8. The molecular weight excluding hydrogens is 421 g/mol. The van der Waals surface area contributed by atoms with Crippen molar-refractivity contribution in [1.29, 1.82) is 0 Å². The lowest BCUT2D eigenvalue weighted by Gasteiger charge is -2.09. The number of hydrazine groups is 1. The highest BCUT2D eigenvalue weighted by Crippen LogP contribution is 2.29. The van der Waals surface area contributed by atoms with Crippen LogP contribution in [0.2, 0.25) is 0 Å². The second-order valence-electron chi connectivity index (χ2n) is 5.97. The monoisotopic (exact) mass is 438 g/mol. The Kier molecular flexibility index (Phi) is 7.13. The van der Waals surface area contributed by atoms with Crippen LogP contribution in [0.25, 0.3) is 0 Å². The molecule has 2 heterocycles. The van der Waals surface area contributed by atoms with E-state index in [1.54, 1.807) is 14.1 Å². The van der Waals surface area contributed by atoms with Crippen LogP contribution < -0.4 is 10.9 Å². The van der Waals surface area contributed by atoms with Crippen molar-refractivity contribution in [3.05, 3.63) is 71.3 Å². The van der Waals surface area contributed by atoms with E-state index in [2.05, 4.69) is 21.0 Å². The zero-order chi connectivity index (χ0) is 23.2. The van der Waals surface area contributed by atoms with Gasteiger partial charge in [-0.3, -0.25) is 29.8 Å². The maximum absolute atomic E-state index is 12.4. The molecule has 0 fully saturated rings. The van der Waals surface area contributed by atoms with Gasteiger partial charge in [0.2, 0.25) is 0 Å². The zero-order valence-corrected chi connectivity index (χ0v) is 16.2. The molecule has 0 bridgehead atoms. The standard InChI is InChI=1S/C13H11F3N4O2.C5H6N2O2/c1-20-10(6-7-17-20)12(22)19-18-11(21)8-2-4-9(5-3-8)13(14,15)16;1-7-4(5(8)9)2-3-6-7/h2-7H,1H3,(H,18,21)(H,19,22);2-3H,1H3,(H,8,9). The minimum absolute atomic E-state index is 0.0155.